The highest BCUT2D eigenvalue weighted by molar-refractivity contribution is 6.12. The van der Waals surface area contributed by atoms with E-state index in [9.17, 15) is 14.0 Å². The molecule has 3 fully saturated rings. The first-order valence-corrected chi connectivity index (χ1v) is 12.9. The number of halogens is 2. The van der Waals surface area contributed by atoms with Gasteiger partial charge in [-0.15, -0.1) is 5.10 Å². The molecular weight excluding hydrogens is 496 g/mol. The summed E-state index contributed by atoms with van der Waals surface area (Å²) in [5.41, 5.74) is 6.27. The van der Waals surface area contributed by atoms with Crippen LogP contribution in [0.3, 0.4) is 0 Å². The van der Waals surface area contributed by atoms with Crippen molar-refractivity contribution in [3.8, 4) is 0 Å². The molecule has 3 N–H and O–H groups in total. The Balaban J connectivity index is 1.16. The first kappa shape index (κ1) is 24.5. The molecule has 200 valence electrons. The molecule has 2 atom stereocenters. The number of aromatic nitrogens is 4. The van der Waals surface area contributed by atoms with Gasteiger partial charge in [-0.05, 0) is 25.8 Å². The maximum Gasteiger partial charge on any atom is 0.263 e. The predicted octanol–water partition coefficient (Wildman–Crippen LogP) is 1.76. The SMILES string of the molecule is Nc1nn2cc(F)cnc2c1C(=O)Nc1cncc(F)c1N1CCN(C(=O)C2CC3CCCCN3C2)CC1. The molecule has 3 aromatic rings. The van der Waals surface area contributed by atoms with E-state index in [1.807, 2.05) is 4.90 Å². The molecule has 3 aromatic heterocycles. The number of nitrogens with one attached hydrogen (secondary N) is 1. The van der Waals surface area contributed by atoms with Crippen LogP contribution < -0.4 is 16.0 Å². The van der Waals surface area contributed by atoms with Gasteiger partial charge in [0, 0.05) is 38.8 Å². The highest BCUT2D eigenvalue weighted by Gasteiger charge is 2.39. The second-order valence-corrected chi connectivity index (χ2v) is 10.2. The highest BCUT2D eigenvalue weighted by atomic mass is 19.1. The molecule has 0 aromatic carbocycles. The molecule has 0 aliphatic carbocycles. The van der Waals surface area contributed by atoms with Gasteiger partial charge < -0.3 is 20.9 Å². The van der Waals surface area contributed by atoms with E-state index in [1.54, 1.807) is 4.90 Å². The Kier molecular flexibility index (Phi) is 6.30. The summed E-state index contributed by atoms with van der Waals surface area (Å²) >= 11 is 0. The van der Waals surface area contributed by atoms with Gasteiger partial charge in [0.2, 0.25) is 5.91 Å². The Morgan fingerprint density at radius 3 is 2.66 bits per heavy atom. The molecule has 0 spiro atoms. The van der Waals surface area contributed by atoms with Crippen molar-refractivity contribution in [2.75, 3.05) is 55.2 Å². The summed E-state index contributed by atoms with van der Waals surface area (Å²) < 4.78 is 29.6. The number of anilines is 3. The molecule has 2 amide bonds. The monoisotopic (exact) mass is 525 g/mol. The van der Waals surface area contributed by atoms with Crippen molar-refractivity contribution >= 4 is 34.7 Å². The minimum Gasteiger partial charge on any atom is -0.381 e. The molecule has 13 heteroatoms. The fourth-order valence-electron chi connectivity index (χ4n) is 6.01. The van der Waals surface area contributed by atoms with Crippen LogP contribution in [0.15, 0.2) is 24.8 Å². The number of fused-ring (bicyclic) bond motifs is 2. The summed E-state index contributed by atoms with van der Waals surface area (Å²) in [6, 6.07) is 0.521. The van der Waals surface area contributed by atoms with Crippen LogP contribution in [0.4, 0.5) is 26.0 Å². The topological polar surface area (TPSA) is 125 Å². The number of piperidine rings is 1. The molecule has 6 heterocycles. The summed E-state index contributed by atoms with van der Waals surface area (Å²) in [6.07, 6.45) is 8.98. The van der Waals surface area contributed by atoms with Gasteiger partial charge in [0.1, 0.15) is 11.3 Å². The summed E-state index contributed by atoms with van der Waals surface area (Å²) in [5.74, 6) is -1.84. The number of carbonyl (C=O) groups is 2. The molecule has 3 aliphatic heterocycles. The molecule has 3 aliphatic rings. The number of nitrogens with two attached hydrogens (primary N) is 1. The summed E-state index contributed by atoms with van der Waals surface area (Å²) in [6.45, 7) is 3.65. The van der Waals surface area contributed by atoms with Crippen LogP contribution in [0, 0.1) is 17.6 Å². The van der Waals surface area contributed by atoms with E-state index in [1.165, 1.54) is 25.5 Å². The number of amides is 2. The van der Waals surface area contributed by atoms with Crippen molar-refractivity contribution in [1.29, 1.82) is 0 Å². The molecule has 0 bridgehead atoms. The molecule has 38 heavy (non-hydrogen) atoms. The van der Waals surface area contributed by atoms with Gasteiger partial charge in [-0.3, -0.25) is 19.5 Å². The quantitative estimate of drug-likeness (QED) is 0.528. The Morgan fingerprint density at radius 1 is 1.05 bits per heavy atom. The van der Waals surface area contributed by atoms with Gasteiger partial charge in [-0.1, -0.05) is 6.42 Å². The maximum atomic E-state index is 15.0. The van der Waals surface area contributed by atoms with E-state index in [-0.39, 0.29) is 40.2 Å². The van der Waals surface area contributed by atoms with Crippen LogP contribution in [-0.2, 0) is 4.79 Å². The molecule has 0 radical (unpaired) electrons. The largest absolute Gasteiger partial charge is 0.381 e. The van der Waals surface area contributed by atoms with Crippen LogP contribution in [0.1, 0.15) is 36.0 Å². The van der Waals surface area contributed by atoms with Crippen molar-refractivity contribution in [2.24, 2.45) is 5.92 Å². The minimum absolute atomic E-state index is 0.0237. The van der Waals surface area contributed by atoms with E-state index < -0.39 is 17.5 Å². The Hall–Kier alpha value is -3.87. The zero-order valence-electron chi connectivity index (χ0n) is 20.8. The fraction of sp³-hybridized carbons (Fsp3) is 0.480. The molecule has 11 nitrogen and oxygen atoms in total. The van der Waals surface area contributed by atoms with Gasteiger partial charge in [0.15, 0.2) is 23.1 Å². The third-order valence-corrected chi connectivity index (χ3v) is 7.83. The third-order valence-electron chi connectivity index (χ3n) is 7.83. The van der Waals surface area contributed by atoms with Gasteiger partial charge in [0.25, 0.3) is 5.91 Å². The van der Waals surface area contributed by atoms with E-state index in [4.69, 9.17) is 5.73 Å². The van der Waals surface area contributed by atoms with Crippen LogP contribution in [-0.4, -0.2) is 86.5 Å². The standard InChI is InChI=1S/C25H29F2N9O2/c26-16-10-30-23-20(22(28)32-36(23)14-16)24(37)31-19-12-29-11-18(27)21(19)33-5-7-34(8-6-33)25(38)15-9-17-3-1-2-4-35(17)13-15/h10-12,14-15,17H,1-9,13H2,(H2,28,32)(H,31,37). The summed E-state index contributed by atoms with van der Waals surface area (Å²) in [5, 5.41) is 6.61. The fourth-order valence-corrected chi connectivity index (χ4v) is 6.01. The smallest absolute Gasteiger partial charge is 0.263 e. The van der Waals surface area contributed by atoms with Gasteiger partial charge in [-0.25, -0.2) is 18.3 Å². The molecule has 3 saturated heterocycles. The molecular formula is C25H29F2N9O2. The van der Waals surface area contributed by atoms with Crippen molar-refractivity contribution in [1.82, 2.24) is 29.4 Å². The van der Waals surface area contributed by atoms with Crippen molar-refractivity contribution in [3.63, 3.8) is 0 Å². The van der Waals surface area contributed by atoms with Crippen molar-refractivity contribution in [3.05, 3.63) is 42.0 Å². The third kappa shape index (κ3) is 4.40. The Morgan fingerprint density at radius 2 is 1.87 bits per heavy atom. The summed E-state index contributed by atoms with van der Waals surface area (Å²) in [7, 11) is 0. The Labute approximate surface area is 217 Å². The molecule has 6 rings (SSSR count). The van der Waals surface area contributed by atoms with Gasteiger partial charge in [0.05, 0.1) is 36.4 Å². The lowest BCUT2D eigenvalue weighted by Gasteiger charge is -2.37. The number of hydrogen-bond donors (Lipinski definition) is 2. The summed E-state index contributed by atoms with van der Waals surface area (Å²) in [4.78, 5) is 40.3. The average Bonchev–Trinajstić information content (AvgIpc) is 3.48. The van der Waals surface area contributed by atoms with Crippen LogP contribution in [0.5, 0.6) is 0 Å². The number of carbonyl (C=O) groups excluding carboxylic acids is 2. The number of pyridine rings is 1. The van der Waals surface area contributed by atoms with Crippen LogP contribution >= 0.6 is 0 Å². The second kappa shape index (κ2) is 9.78. The minimum atomic E-state index is -0.670. The first-order chi connectivity index (χ1) is 18.4. The molecule has 0 saturated carbocycles. The van der Waals surface area contributed by atoms with E-state index >= 15 is 4.39 Å². The lowest BCUT2D eigenvalue weighted by molar-refractivity contribution is -0.135. The number of piperazine rings is 1. The van der Waals surface area contributed by atoms with Gasteiger partial charge in [-0.2, -0.15) is 0 Å². The number of nitrogens with zero attached hydrogens (tertiary/aromatic N) is 7. The zero-order chi connectivity index (χ0) is 26.4. The predicted molar refractivity (Wildman–Crippen MR) is 136 cm³/mol. The highest BCUT2D eigenvalue weighted by Crippen LogP contribution is 2.33. The van der Waals surface area contributed by atoms with Crippen LogP contribution in [0.25, 0.3) is 5.65 Å². The number of rotatable bonds is 4. The number of hydrogen-bond acceptors (Lipinski definition) is 8. The lowest BCUT2D eigenvalue weighted by Crippen LogP contribution is -2.51. The van der Waals surface area contributed by atoms with Crippen LogP contribution in [0.2, 0.25) is 0 Å². The molecule has 2 unspecified atom stereocenters. The van der Waals surface area contributed by atoms with E-state index in [0.717, 1.165) is 42.6 Å². The number of nitrogen functional groups attached to an aromatic ring is 1. The van der Waals surface area contributed by atoms with E-state index in [0.29, 0.717) is 32.2 Å². The van der Waals surface area contributed by atoms with Crippen molar-refractivity contribution < 1.29 is 18.4 Å². The Bertz CT molecular complexity index is 1370. The van der Waals surface area contributed by atoms with Crippen molar-refractivity contribution in [2.45, 2.75) is 31.7 Å². The average molecular weight is 526 g/mol. The normalized spacial score (nSPS) is 22.1. The van der Waals surface area contributed by atoms with E-state index in [2.05, 4.69) is 25.3 Å². The van der Waals surface area contributed by atoms with Gasteiger partial charge >= 0.3 is 0 Å². The lowest BCUT2D eigenvalue weighted by atomic mass is 9.98. The zero-order valence-corrected chi connectivity index (χ0v) is 20.8. The first-order valence-electron chi connectivity index (χ1n) is 12.9. The second-order valence-electron chi connectivity index (χ2n) is 10.2. The maximum absolute atomic E-state index is 15.0.